The van der Waals surface area contributed by atoms with Crippen LogP contribution in [-0.4, -0.2) is 9.78 Å². The Hall–Kier alpha value is -2.55. The van der Waals surface area contributed by atoms with Crippen LogP contribution in [-0.2, 0) is 0 Å². The first kappa shape index (κ1) is 11.5. The summed E-state index contributed by atoms with van der Waals surface area (Å²) >= 11 is 0. The van der Waals surface area contributed by atoms with Crippen LogP contribution in [0.1, 0.15) is 5.56 Å². The highest BCUT2D eigenvalue weighted by molar-refractivity contribution is 5.70. The second-order valence-electron chi connectivity index (χ2n) is 4.58. The zero-order valence-corrected chi connectivity index (χ0v) is 10.7. The Bertz CT molecular complexity index is 699. The second kappa shape index (κ2) is 4.61. The number of nitrogens with zero attached hydrogens (tertiary/aromatic N) is 2. The van der Waals surface area contributed by atoms with Gasteiger partial charge in [-0.05, 0) is 42.3 Å². The van der Waals surface area contributed by atoms with Gasteiger partial charge in [-0.1, -0.05) is 24.3 Å². The normalized spacial score (nSPS) is 10.6. The minimum absolute atomic E-state index is 0.771. The Kier molecular flexibility index (Phi) is 2.80. The van der Waals surface area contributed by atoms with Gasteiger partial charge < -0.3 is 5.73 Å². The van der Waals surface area contributed by atoms with Crippen molar-refractivity contribution in [1.29, 1.82) is 0 Å². The van der Waals surface area contributed by atoms with Crippen molar-refractivity contribution in [3.05, 3.63) is 66.5 Å². The van der Waals surface area contributed by atoms with Crippen molar-refractivity contribution in [1.82, 2.24) is 9.78 Å². The molecule has 0 saturated carbocycles. The topological polar surface area (TPSA) is 43.8 Å². The first-order valence-corrected chi connectivity index (χ1v) is 6.20. The second-order valence-corrected chi connectivity index (χ2v) is 4.58. The average molecular weight is 249 g/mol. The molecule has 3 aromatic rings. The van der Waals surface area contributed by atoms with E-state index in [2.05, 4.69) is 12.0 Å². The van der Waals surface area contributed by atoms with Crippen molar-refractivity contribution < 1.29 is 0 Å². The van der Waals surface area contributed by atoms with Crippen molar-refractivity contribution in [3.63, 3.8) is 0 Å². The number of nitrogens with two attached hydrogens (primary N) is 1. The number of nitrogen functional groups attached to an aromatic ring is 1. The molecule has 2 N–H and O–H groups in total. The largest absolute Gasteiger partial charge is 0.399 e. The predicted molar refractivity (Wildman–Crippen MR) is 78.1 cm³/mol. The maximum Gasteiger partial charge on any atom is 0.0645 e. The molecule has 0 aliphatic carbocycles. The lowest BCUT2D eigenvalue weighted by Crippen LogP contribution is -1.92. The van der Waals surface area contributed by atoms with E-state index in [1.165, 1.54) is 5.56 Å². The molecule has 0 aliphatic heterocycles. The lowest BCUT2D eigenvalue weighted by molar-refractivity contribution is 0.881. The van der Waals surface area contributed by atoms with E-state index >= 15 is 0 Å². The maximum atomic E-state index is 5.86. The van der Waals surface area contributed by atoms with Crippen LogP contribution >= 0.6 is 0 Å². The smallest absolute Gasteiger partial charge is 0.0645 e. The van der Waals surface area contributed by atoms with Crippen LogP contribution in [0.4, 0.5) is 5.69 Å². The fraction of sp³-hybridized carbons (Fsp3) is 0.0625. The summed E-state index contributed by atoms with van der Waals surface area (Å²) in [5.74, 6) is 0. The molecule has 0 bridgehead atoms. The van der Waals surface area contributed by atoms with Gasteiger partial charge in [0.15, 0.2) is 0 Å². The lowest BCUT2D eigenvalue weighted by atomic mass is 10.0. The van der Waals surface area contributed by atoms with Crippen molar-refractivity contribution in [2.45, 2.75) is 6.92 Å². The molecule has 3 nitrogen and oxygen atoms in total. The van der Waals surface area contributed by atoms with Crippen LogP contribution < -0.4 is 5.73 Å². The van der Waals surface area contributed by atoms with Gasteiger partial charge >= 0.3 is 0 Å². The van der Waals surface area contributed by atoms with Gasteiger partial charge in [0, 0.05) is 17.4 Å². The Labute approximate surface area is 112 Å². The number of rotatable bonds is 2. The minimum atomic E-state index is 0.771. The number of anilines is 1. The minimum Gasteiger partial charge on any atom is -0.399 e. The standard InChI is InChI=1S/C16H15N3/c1-12-7-8-14(17)9-16(12)13-10-18-19(11-13)15-5-3-2-4-6-15/h2-11H,17H2,1H3. The highest BCUT2D eigenvalue weighted by atomic mass is 15.3. The zero-order valence-electron chi connectivity index (χ0n) is 10.7. The van der Waals surface area contributed by atoms with Crippen molar-refractivity contribution >= 4 is 5.69 Å². The molecular formula is C16H15N3. The van der Waals surface area contributed by atoms with Crippen LogP contribution in [0.5, 0.6) is 0 Å². The molecule has 1 aromatic heterocycles. The summed E-state index contributed by atoms with van der Waals surface area (Å²) in [5.41, 5.74) is 11.1. The molecule has 94 valence electrons. The van der Waals surface area contributed by atoms with Gasteiger partial charge in [0.05, 0.1) is 11.9 Å². The Morgan fingerprint density at radius 2 is 1.84 bits per heavy atom. The number of hydrogen-bond acceptors (Lipinski definition) is 2. The fourth-order valence-corrected chi connectivity index (χ4v) is 2.13. The first-order chi connectivity index (χ1) is 9.24. The summed E-state index contributed by atoms with van der Waals surface area (Å²) in [7, 11) is 0. The quantitative estimate of drug-likeness (QED) is 0.707. The number of aryl methyl sites for hydroxylation is 1. The molecule has 2 aromatic carbocycles. The van der Waals surface area contributed by atoms with Crippen LogP contribution in [0.15, 0.2) is 60.9 Å². The van der Waals surface area contributed by atoms with Crippen LogP contribution in [0.2, 0.25) is 0 Å². The third-order valence-corrected chi connectivity index (χ3v) is 3.18. The van der Waals surface area contributed by atoms with Gasteiger partial charge in [0.2, 0.25) is 0 Å². The van der Waals surface area contributed by atoms with Gasteiger partial charge in [-0.3, -0.25) is 0 Å². The summed E-state index contributed by atoms with van der Waals surface area (Å²) in [6.45, 7) is 2.08. The molecule has 0 atom stereocenters. The molecule has 0 amide bonds. The number of para-hydroxylation sites is 1. The summed E-state index contributed by atoms with van der Waals surface area (Å²) < 4.78 is 1.87. The van der Waals surface area contributed by atoms with Crippen LogP contribution in [0.25, 0.3) is 16.8 Å². The highest BCUT2D eigenvalue weighted by Gasteiger charge is 2.06. The third kappa shape index (κ3) is 2.22. The molecule has 0 saturated heterocycles. The SMILES string of the molecule is Cc1ccc(N)cc1-c1cnn(-c2ccccc2)c1. The zero-order chi connectivity index (χ0) is 13.2. The molecule has 0 radical (unpaired) electrons. The summed E-state index contributed by atoms with van der Waals surface area (Å²) in [4.78, 5) is 0. The van der Waals surface area contributed by atoms with E-state index in [0.717, 1.165) is 22.5 Å². The van der Waals surface area contributed by atoms with E-state index < -0.39 is 0 Å². The molecule has 1 heterocycles. The Morgan fingerprint density at radius 3 is 2.63 bits per heavy atom. The third-order valence-electron chi connectivity index (χ3n) is 3.18. The Balaban J connectivity index is 2.04. The van der Waals surface area contributed by atoms with E-state index in [4.69, 9.17) is 5.73 Å². The van der Waals surface area contributed by atoms with E-state index in [1.807, 2.05) is 65.6 Å². The Morgan fingerprint density at radius 1 is 1.05 bits per heavy atom. The lowest BCUT2D eigenvalue weighted by Gasteiger charge is -2.04. The maximum absolute atomic E-state index is 5.86. The van der Waals surface area contributed by atoms with Crippen molar-refractivity contribution in [2.75, 3.05) is 5.73 Å². The molecule has 3 heteroatoms. The van der Waals surface area contributed by atoms with E-state index in [1.54, 1.807) is 0 Å². The van der Waals surface area contributed by atoms with Crippen LogP contribution in [0.3, 0.4) is 0 Å². The van der Waals surface area contributed by atoms with Crippen LogP contribution in [0, 0.1) is 6.92 Å². The van der Waals surface area contributed by atoms with Crippen molar-refractivity contribution in [3.8, 4) is 16.8 Å². The number of hydrogen-bond donors (Lipinski definition) is 1. The predicted octanol–water partition coefficient (Wildman–Crippen LogP) is 3.43. The summed E-state index contributed by atoms with van der Waals surface area (Å²) in [6.07, 6.45) is 3.89. The van der Waals surface area contributed by atoms with E-state index in [0.29, 0.717) is 0 Å². The first-order valence-electron chi connectivity index (χ1n) is 6.20. The van der Waals surface area contributed by atoms with Gasteiger partial charge in [-0.2, -0.15) is 5.10 Å². The average Bonchev–Trinajstić information content (AvgIpc) is 2.92. The summed E-state index contributed by atoms with van der Waals surface area (Å²) in [6, 6.07) is 16.0. The summed E-state index contributed by atoms with van der Waals surface area (Å²) in [5, 5.41) is 4.41. The monoisotopic (exact) mass is 249 g/mol. The molecule has 19 heavy (non-hydrogen) atoms. The molecule has 3 rings (SSSR count). The molecule has 0 fully saturated rings. The molecule has 0 unspecified atom stereocenters. The van der Waals surface area contributed by atoms with Gasteiger partial charge in [-0.25, -0.2) is 4.68 Å². The number of benzene rings is 2. The van der Waals surface area contributed by atoms with Crippen molar-refractivity contribution in [2.24, 2.45) is 0 Å². The van der Waals surface area contributed by atoms with E-state index in [9.17, 15) is 0 Å². The van der Waals surface area contributed by atoms with E-state index in [-0.39, 0.29) is 0 Å². The van der Waals surface area contributed by atoms with Gasteiger partial charge in [0.25, 0.3) is 0 Å². The molecule has 0 spiro atoms. The van der Waals surface area contributed by atoms with Gasteiger partial charge in [-0.15, -0.1) is 0 Å². The van der Waals surface area contributed by atoms with Gasteiger partial charge in [0.1, 0.15) is 0 Å². The molecule has 0 aliphatic rings. The highest BCUT2D eigenvalue weighted by Crippen LogP contribution is 2.25. The fourth-order valence-electron chi connectivity index (χ4n) is 2.13. The molecular weight excluding hydrogens is 234 g/mol. The number of aromatic nitrogens is 2.